The molecule has 3 N–H and O–H groups in total. The van der Waals surface area contributed by atoms with Crippen molar-refractivity contribution in [3.63, 3.8) is 0 Å². The first-order valence-corrected chi connectivity index (χ1v) is 8.69. The van der Waals surface area contributed by atoms with Crippen molar-refractivity contribution < 1.29 is 8.42 Å². The van der Waals surface area contributed by atoms with Crippen LogP contribution in [0.4, 0.5) is 5.13 Å². The maximum absolute atomic E-state index is 12.1. The van der Waals surface area contributed by atoms with E-state index in [0.717, 1.165) is 16.2 Å². The predicted molar refractivity (Wildman–Crippen MR) is 79.1 cm³/mol. The van der Waals surface area contributed by atoms with Crippen LogP contribution in [0.25, 0.3) is 0 Å². The van der Waals surface area contributed by atoms with Gasteiger partial charge in [-0.15, -0.1) is 11.3 Å². The molecule has 0 unspecified atom stereocenters. The van der Waals surface area contributed by atoms with Gasteiger partial charge in [-0.2, -0.15) is 0 Å². The summed E-state index contributed by atoms with van der Waals surface area (Å²) < 4.78 is 27.1. The summed E-state index contributed by atoms with van der Waals surface area (Å²) in [5, 5.41) is 0.265. The lowest BCUT2D eigenvalue weighted by molar-refractivity contribution is 0.583. The van der Waals surface area contributed by atoms with Gasteiger partial charge >= 0.3 is 0 Å². The van der Waals surface area contributed by atoms with E-state index in [1.165, 1.54) is 10.4 Å². The van der Waals surface area contributed by atoms with Crippen molar-refractivity contribution in [2.45, 2.75) is 31.5 Å². The Bertz CT molecular complexity index is 681. The number of hydrogen-bond donors (Lipinski definition) is 2. The molecule has 0 spiro atoms. The molecule has 0 aromatic carbocycles. The van der Waals surface area contributed by atoms with Gasteiger partial charge in [0, 0.05) is 16.3 Å². The number of thiophene rings is 1. The molecule has 0 aliphatic carbocycles. The Morgan fingerprint density at radius 3 is 2.47 bits per heavy atom. The van der Waals surface area contributed by atoms with Gasteiger partial charge in [-0.25, -0.2) is 18.1 Å². The van der Waals surface area contributed by atoms with Gasteiger partial charge in [0.05, 0.1) is 5.69 Å². The summed E-state index contributed by atoms with van der Waals surface area (Å²) in [4.78, 5) is 6.13. The number of nitrogens with one attached hydrogen (secondary N) is 1. The molecule has 0 fully saturated rings. The largest absolute Gasteiger partial charge is 0.375 e. The second-order valence-electron chi connectivity index (χ2n) is 4.20. The fraction of sp³-hybridized carbons (Fsp3) is 0.364. The number of anilines is 1. The van der Waals surface area contributed by atoms with Gasteiger partial charge in [0.25, 0.3) is 10.0 Å². The normalized spacial score (nSPS) is 11.9. The van der Waals surface area contributed by atoms with Crippen LogP contribution in [0.5, 0.6) is 0 Å². The molecule has 104 valence electrons. The lowest BCUT2D eigenvalue weighted by atomic mass is 10.3. The number of aryl methyl sites for hydroxylation is 3. The molecular weight excluding hydrogens is 302 g/mol. The zero-order valence-electron chi connectivity index (χ0n) is 10.9. The van der Waals surface area contributed by atoms with E-state index in [0.29, 0.717) is 12.2 Å². The molecule has 0 amide bonds. The van der Waals surface area contributed by atoms with Crippen molar-refractivity contribution >= 4 is 37.8 Å². The molecule has 2 heterocycles. The third-order valence-corrected chi connectivity index (χ3v) is 6.82. The molecule has 5 nitrogen and oxygen atoms in total. The van der Waals surface area contributed by atoms with Gasteiger partial charge in [0.15, 0.2) is 9.34 Å². The fourth-order valence-electron chi connectivity index (χ4n) is 1.62. The molecule has 0 aliphatic rings. The molecule has 2 aromatic rings. The zero-order valence-corrected chi connectivity index (χ0v) is 13.3. The summed E-state index contributed by atoms with van der Waals surface area (Å²) >= 11 is 2.58. The molecule has 2 rings (SSSR count). The Morgan fingerprint density at radius 1 is 1.32 bits per heavy atom. The minimum Gasteiger partial charge on any atom is -0.375 e. The molecule has 0 saturated carbocycles. The van der Waals surface area contributed by atoms with Crippen molar-refractivity contribution in [2.75, 3.05) is 5.73 Å². The summed E-state index contributed by atoms with van der Waals surface area (Å²) in [5.41, 5.74) is 7.14. The van der Waals surface area contributed by atoms with E-state index in [-0.39, 0.29) is 9.34 Å². The second-order valence-corrected chi connectivity index (χ2v) is 8.54. The number of nitrogen functional groups attached to an aromatic ring is 1. The molecular formula is C11H15N3O2S3. The number of nitrogens with zero attached hydrogens (tertiary/aromatic N) is 1. The van der Waals surface area contributed by atoms with Gasteiger partial charge in [0.2, 0.25) is 0 Å². The summed E-state index contributed by atoms with van der Waals surface area (Å²) in [6.45, 7) is 5.96. The third-order valence-electron chi connectivity index (χ3n) is 2.67. The SMILES string of the molecule is Cc1cc(CNS(=O)(=O)c2sc(N)nc2C)sc1C. The standard InChI is InChI=1S/C11H15N3O2S3/c1-6-4-9(17-8(6)3)5-13-19(15,16)10-7(2)14-11(12)18-10/h4,13H,5H2,1-3H3,(H2,12,14). The third kappa shape index (κ3) is 3.14. The number of thiazole rings is 1. The number of nitrogens with two attached hydrogens (primary N) is 1. The van der Waals surface area contributed by atoms with Gasteiger partial charge < -0.3 is 5.73 Å². The Balaban J connectivity index is 2.16. The Labute approximate surface area is 120 Å². The van der Waals surface area contributed by atoms with Crippen LogP contribution in [0.3, 0.4) is 0 Å². The van der Waals surface area contributed by atoms with Gasteiger partial charge in [0.1, 0.15) is 0 Å². The van der Waals surface area contributed by atoms with Crippen LogP contribution in [-0.4, -0.2) is 13.4 Å². The smallest absolute Gasteiger partial charge is 0.252 e. The van der Waals surface area contributed by atoms with Crippen molar-refractivity contribution in [3.05, 3.63) is 27.1 Å². The molecule has 8 heteroatoms. The summed E-state index contributed by atoms with van der Waals surface area (Å²) in [7, 11) is -3.54. The molecule has 2 aromatic heterocycles. The lowest BCUT2D eigenvalue weighted by Gasteiger charge is -2.03. The van der Waals surface area contributed by atoms with Crippen molar-refractivity contribution in [2.24, 2.45) is 0 Å². The van der Waals surface area contributed by atoms with Crippen LogP contribution >= 0.6 is 22.7 Å². The van der Waals surface area contributed by atoms with Crippen molar-refractivity contribution in [1.82, 2.24) is 9.71 Å². The van der Waals surface area contributed by atoms with Crippen LogP contribution in [0.15, 0.2) is 10.3 Å². The van der Waals surface area contributed by atoms with Crippen molar-refractivity contribution in [1.29, 1.82) is 0 Å². The van der Waals surface area contributed by atoms with E-state index in [4.69, 9.17) is 5.73 Å². The first-order chi connectivity index (χ1) is 8.79. The van der Waals surface area contributed by atoms with E-state index in [1.807, 2.05) is 19.9 Å². The van der Waals surface area contributed by atoms with Crippen molar-refractivity contribution in [3.8, 4) is 0 Å². The van der Waals surface area contributed by atoms with Gasteiger partial charge in [-0.1, -0.05) is 11.3 Å². The highest BCUT2D eigenvalue weighted by Crippen LogP contribution is 2.25. The Hall–Kier alpha value is -0.960. The number of aromatic nitrogens is 1. The lowest BCUT2D eigenvalue weighted by Crippen LogP contribution is -2.22. The van der Waals surface area contributed by atoms with E-state index < -0.39 is 10.0 Å². The van der Waals surface area contributed by atoms with E-state index in [2.05, 4.69) is 9.71 Å². The maximum Gasteiger partial charge on any atom is 0.252 e. The monoisotopic (exact) mass is 317 g/mol. The molecule has 0 radical (unpaired) electrons. The first-order valence-electron chi connectivity index (χ1n) is 5.58. The number of sulfonamides is 1. The number of hydrogen-bond acceptors (Lipinski definition) is 6. The minimum atomic E-state index is -3.54. The van der Waals surface area contributed by atoms with E-state index in [9.17, 15) is 8.42 Å². The summed E-state index contributed by atoms with van der Waals surface area (Å²) in [5.74, 6) is 0. The number of rotatable bonds is 4. The van der Waals surface area contributed by atoms with E-state index in [1.54, 1.807) is 18.3 Å². The molecule has 0 aliphatic heterocycles. The molecule has 0 bridgehead atoms. The van der Waals surface area contributed by atoms with Crippen LogP contribution in [-0.2, 0) is 16.6 Å². The van der Waals surface area contributed by atoms with Crippen LogP contribution in [0.2, 0.25) is 0 Å². The maximum atomic E-state index is 12.1. The molecule has 0 saturated heterocycles. The highest BCUT2D eigenvalue weighted by Gasteiger charge is 2.21. The Morgan fingerprint density at radius 2 is 2.00 bits per heavy atom. The predicted octanol–water partition coefficient (Wildman–Crippen LogP) is 2.19. The first kappa shape index (κ1) is 14.4. The zero-order chi connectivity index (χ0) is 14.2. The average molecular weight is 317 g/mol. The highest BCUT2D eigenvalue weighted by atomic mass is 32.2. The summed E-state index contributed by atoms with van der Waals surface area (Å²) in [6.07, 6.45) is 0. The highest BCUT2D eigenvalue weighted by molar-refractivity contribution is 7.91. The topological polar surface area (TPSA) is 85.1 Å². The van der Waals surface area contributed by atoms with Crippen LogP contribution < -0.4 is 10.5 Å². The van der Waals surface area contributed by atoms with E-state index >= 15 is 0 Å². The van der Waals surface area contributed by atoms with Crippen LogP contribution in [0.1, 0.15) is 21.0 Å². The van der Waals surface area contributed by atoms with Gasteiger partial charge in [-0.3, -0.25) is 0 Å². The van der Waals surface area contributed by atoms with Crippen LogP contribution in [0, 0.1) is 20.8 Å². The fourth-order valence-corrected chi connectivity index (χ4v) is 5.05. The quantitative estimate of drug-likeness (QED) is 0.905. The minimum absolute atomic E-state index is 0.190. The summed E-state index contributed by atoms with van der Waals surface area (Å²) in [6, 6.07) is 2.00. The molecule has 0 atom stereocenters. The second kappa shape index (κ2) is 5.20. The molecule has 19 heavy (non-hydrogen) atoms. The average Bonchev–Trinajstić information content (AvgIpc) is 2.80. The Kier molecular flexibility index (Phi) is 3.95. The van der Waals surface area contributed by atoms with Gasteiger partial charge in [-0.05, 0) is 32.4 Å².